The summed E-state index contributed by atoms with van der Waals surface area (Å²) in [4.78, 5) is 51.4. The van der Waals surface area contributed by atoms with Crippen LogP contribution in [-0.4, -0.2) is 80.6 Å². The van der Waals surface area contributed by atoms with Crippen LogP contribution in [0, 0.1) is 0 Å². The number of methoxy groups -OCH3 is 1. The number of hydrogen-bond donors (Lipinski definition) is 5. The van der Waals surface area contributed by atoms with E-state index < -0.39 is 29.9 Å². The number of esters is 1. The van der Waals surface area contributed by atoms with Gasteiger partial charge < -0.3 is 49.3 Å². The number of aromatic nitrogens is 2. The Balaban J connectivity index is 0.000000167. The lowest BCUT2D eigenvalue weighted by Gasteiger charge is -2.23. The van der Waals surface area contributed by atoms with Gasteiger partial charge in [-0.2, -0.15) is 0 Å². The van der Waals surface area contributed by atoms with Crippen LogP contribution in [-0.2, 0) is 40.3 Å². The Morgan fingerprint density at radius 2 is 0.975 bits per heavy atom. The molecule has 8 aromatic rings. The van der Waals surface area contributed by atoms with Gasteiger partial charge in [0.25, 0.3) is 11.8 Å². The average molecular weight is 1060 g/mol. The van der Waals surface area contributed by atoms with Crippen molar-refractivity contribution < 1.29 is 48.7 Å². The third-order valence-corrected chi connectivity index (χ3v) is 16.3. The Morgan fingerprint density at radius 1 is 0.557 bits per heavy atom. The molecule has 0 radical (unpaired) electrons. The van der Waals surface area contributed by atoms with E-state index in [4.69, 9.17) is 14.2 Å². The summed E-state index contributed by atoms with van der Waals surface area (Å²) in [7, 11) is 1.31. The summed E-state index contributed by atoms with van der Waals surface area (Å²) < 4.78 is 21.9. The highest BCUT2D eigenvalue weighted by molar-refractivity contribution is 6.04. The van der Waals surface area contributed by atoms with Crippen molar-refractivity contribution in [1.29, 1.82) is 0 Å². The lowest BCUT2D eigenvalue weighted by atomic mass is 9.81. The Hall–Kier alpha value is -8.52. The van der Waals surface area contributed by atoms with Crippen molar-refractivity contribution in [2.75, 3.05) is 20.3 Å². The number of nitrogens with zero attached hydrogens (tertiary/aromatic N) is 2. The molecule has 14 heteroatoms. The standard InChI is InChI=1S/C33H34N2O5.C32H32N2O5/c1-39-33(38)27(19-21-11-14-24(36)15-12-21)34-32(37)23-13-16-25-28(20-23)35-17-18-40-29-10-6-5-9-26(29)31(35)30(25)22-7-3-2-4-8-22;35-23-13-10-20(11-14-23)18-26(32(37)38)33-31(36)22-12-15-24-27(19-22)34-16-17-39-28-9-5-4-8-25(28)30(34)29(24)21-6-2-1-3-7-21/h5-6,9-16,20,22,27,36H,2-4,7-8,17-19H2,1H3,(H,34,37);4-5,8-15,19,21,26,35H,1-3,6-7,16-18H2,(H,33,36)(H,37,38)/t27-;26-/m00/s1. The molecule has 0 spiro atoms. The smallest absolute Gasteiger partial charge is 0.328 e. The fourth-order valence-corrected chi connectivity index (χ4v) is 12.5. The van der Waals surface area contributed by atoms with Gasteiger partial charge >= 0.3 is 11.9 Å². The summed E-state index contributed by atoms with van der Waals surface area (Å²) in [5.41, 5.74) is 11.7. The molecule has 12 rings (SSSR count). The van der Waals surface area contributed by atoms with E-state index >= 15 is 0 Å². The van der Waals surface area contributed by atoms with Crippen LogP contribution < -0.4 is 20.1 Å². The zero-order valence-corrected chi connectivity index (χ0v) is 44.4. The molecule has 79 heavy (non-hydrogen) atoms. The molecule has 0 bridgehead atoms. The molecule has 14 nitrogen and oxygen atoms in total. The maximum Gasteiger partial charge on any atom is 0.328 e. The first-order valence-electron chi connectivity index (χ1n) is 27.8. The van der Waals surface area contributed by atoms with Crippen LogP contribution in [0.5, 0.6) is 23.0 Å². The van der Waals surface area contributed by atoms with Crippen molar-refractivity contribution >= 4 is 45.6 Å². The van der Waals surface area contributed by atoms with Crippen molar-refractivity contribution in [2.45, 2.75) is 114 Å². The number of phenols is 2. The number of hydrogen-bond acceptors (Lipinski definition) is 9. The van der Waals surface area contributed by atoms with Crippen LogP contribution >= 0.6 is 0 Å². The molecule has 406 valence electrons. The van der Waals surface area contributed by atoms with Crippen molar-refractivity contribution in [2.24, 2.45) is 0 Å². The van der Waals surface area contributed by atoms with Crippen LogP contribution in [0.15, 0.2) is 133 Å². The number of aromatic hydroxyl groups is 2. The zero-order valence-electron chi connectivity index (χ0n) is 44.4. The van der Waals surface area contributed by atoms with Gasteiger partial charge in [-0.05, 0) is 133 Å². The van der Waals surface area contributed by atoms with E-state index in [0.29, 0.717) is 54.8 Å². The summed E-state index contributed by atoms with van der Waals surface area (Å²) in [5.74, 6) is 0.547. The number of nitrogens with one attached hydrogen (secondary N) is 2. The van der Waals surface area contributed by atoms with E-state index in [1.54, 1.807) is 36.4 Å². The maximum atomic E-state index is 13.5. The number of phenolic OH excluding ortho intramolecular Hbond substituents is 2. The van der Waals surface area contributed by atoms with Crippen LogP contribution in [0.25, 0.3) is 44.3 Å². The van der Waals surface area contributed by atoms with E-state index in [0.717, 1.165) is 70.3 Å². The van der Waals surface area contributed by atoms with Gasteiger partial charge in [0.05, 0.1) is 31.6 Å². The first kappa shape index (κ1) is 52.5. The minimum absolute atomic E-state index is 0.106. The predicted molar refractivity (Wildman–Crippen MR) is 303 cm³/mol. The zero-order chi connectivity index (χ0) is 54.6. The molecule has 2 amide bonds. The predicted octanol–water partition coefficient (Wildman–Crippen LogP) is 11.8. The Morgan fingerprint density at radius 3 is 1.41 bits per heavy atom. The van der Waals surface area contributed by atoms with Crippen molar-refractivity contribution in [3.05, 3.63) is 167 Å². The monoisotopic (exact) mass is 1060 g/mol. The Labute approximate surface area is 458 Å². The number of fused-ring (bicyclic) bond motifs is 10. The van der Waals surface area contributed by atoms with E-state index in [-0.39, 0.29) is 30.2 Å². The lowest BCUT2D eigenvalue weighted by Crippen LogP contribution is -2.43. The number of para-hydroxylation sites is 2. The highest BCUT2D eigenvalue weighted by Gasteiger charge is 2.33. The molecule has 2 atom stereocenters. The van der Waals surface area contributed by atoms with E-state index in [9.17, 15) is 34.5 Å². The number of aliphatic carboxylic acids is 1. The lowest BCUT2D eigenvalue weighted by molar-refractivity contribution is -0.143. The SMILES string of the molecule is COC(=O)[C@H](Cc1ccc(O)cc1)NC(=O)c1ccc2c(C3CCCCC3)c3n(c2c1)CCOc1ccccc1-3.O=C(N[C@@H](Cc1ccc(O)cc1)C(=O)O)c1ccc2c(C3CCCCC3)c3n(c2c1)CCOc1ccccc1-3. The summed E-state index contributed by atoms with van der Waals surface area (Å²) >= 11 is 0. The van der Waals surface area contributed by atoms with Gasteiger partial charge in [-0.1, -0.05) is 99.2 Å². The van der Waals surface area contributed by atoms with E-state index in [1.165, 1.54) is 85.7 Å². The quantitative estimate of drug-likeness (QED) is 0.0736. The molecule has 4 heterocycles. The molecule has 2 aromatic heterocycles. The molecule has 0 unspecified atom stereocenters. The fraction of sp³-hybridized carbons (Fsp3) is 0.323. The van der Waals surface area contributed by atoms with E-state index in [1.807, 2.05) is 60.7 Å². The van der Waals surface area contributed by atoms with Gasteiger partial charge in [0.15, 0.2) is 0 Å². The van der Waals surface area contributed by atoms with Gasteiger partial charge in [-0.25, -0.2) is 9.59 Å². The highest BCUT2D eigenvalue weighted by atomic mass is 16.5. The summed E-state index contributed by atoms with van der Waals surface area (Å²) in [5, 5.41) is 36.9. The minimum Gasteiger partial charge on any atom is -0.508 e. The molecule has 2 saturated carbocycles. The highest BCUT2D eigenvalue weighted by Crippen LogP contribution is 2.49. The molecule has 5 N–H and O–H groups in total. The molecule has 4 aliphatic rings. The van der Waals surface area contributed by atoms with Gasteiger partial charge in [0.2, 0.25) is 0 Å². The summed E-state index contributed by atoms with van der Waals surface area (Å²) in [6.07, 6.45) is 12.4. The largest absolute Gasteiger partial charge is 0.508 e. The number of carboxylic acids is 1. The van der Waals surface area contributed by atoms with Gasteiger partial charge in [0, 0.05) is 56.9 Å². The number of carbonyl (C=O) groups is 4. The molecule has 2 aliphatic carbocycles. The second-order valence-corrected chi connectivity index (χ2v) is 21.3. The number of carboxylic acid groups (broad SMARTS) is 1. The first-order chi connectivity index (χ1) is 38.5. The topological polar surface area (TPSA) is 191 Å². The minimum atomic E-state index is -1.11. The normalized spacial score (nSPS) is 15.9. The first-order valence-corrected chi connectivity index (χ1v) is 27.8. The third kappa shape index (κ3) is 11.0. The molecule has 2 fully saturated rings. The molecular formula is C65H66N4O10. The van der Waals surface area contributed by atoms with E-state index in [2.05, 4.69) is 44.0 Å². The third-order valence-electron chi connectivity index (χ3n) is 16.3. The summed E-state index contributed by atoms with van der Waals surface area (Å²) in [6.45, 7) is 2.42. The second kappa shape index (κ2) is 23.2. The van der Waals surface area contributed by atoms with Crippen molar-refractivity contribution in [1.82, 2.24) is 19.8 Å². The van der Waals surface area contributed by atoms with Crippen molar-refractivity contribution in [3.8, 4) is 45.5 Å². The summed E-state index contributed by atoms with van der Waals surface area (Å²) in [6, 6.07) is 39.0. The molecule has 6 aromatic carbocycles. The molecular weight excluding hydrogens is 997 g/mol. The van der Waals surface area contributed by atoms with Crippen LogP contribution in [0.4, 0.5) is 0 Å². The maximum absolute atomic E-state index is 13.5. The molecule has 0 saturated heterocycles. The average Bonchev–Trinajstić information content (AvgIpc) is 3.86. The van der Waals surface area contributed by atoms with Gasteiger partial charge in [-0.15, -0.1) is 0 Å². The second-order valence-electron chi connectivity index (χ2n) is 21.3. The molecule has 2 aliphatic heterocycles. The number of benzene rings is 6. The van der Waals surface area contributed by atoms with Crippen molar-refractivity contribution in [3.63, 3.8) is 0 Å². The number of amides is 2. The fourth-order valence-electron chi connectivity index (χ4n) is 12.5. The van der Waals surface area contributed by atoms with Crippen LogP contribution in [0.1, 0.15) is 119 Å². The number of carbonyl (C=O) groups excluding carboxylic acids is 3. The van der Waals surface area contributed by atoms with Gasteiger partial charge in [0.1, 0.15) is 48.3 Å². The van der Waals surface area contributed by atoms with Crippen LogP contribution in [0.2, 0.25) is 0 Å². The van der Waals surface area contributed by atoms with Crippen LogP contribution in [0.3, 0.4) is 0 Å². The number of rotatable bonds is 12. The number of ether oxygens (including phenoxy) is 3. The Bertz CT molecular complexity index is 3550. The van der Waals surface area contributed by atoms with Gasteiger partial charge in [-0.3, -0.25) is 9.59 Å². The Kier molecular flexibility index (Phi) is 15.4.